The summed E-state index contributed by atoms with van der Waals surface area (Å²) in [7, 11) is 0. The van der Waals surface area contributed by atoms with Crippen LogP contribution in [0.4, 0.5) is 0 Å². The van der Waals surface area contributed by atoms with E-state index in [4.69, 9.17) is 5.10 Å². The van der Waals surface area contributed by atoms with Crippen LogP contribution in [0.15, 0.2) is 59.0 Å². The van der Waals surface area contributed by atoms with Gasteiger partial charge in [-0.1, -0.05) is 42.1 Å². The SMILES string of the molecule is O=C(c1cc(C2=Nn3cc(-c4ccccc4)nc3SC2)c[nH]1)N1CCCC1. The first-order valence-corrected chi connectivity index (χ1v) is 10.1. The number of aromatic amines is 1. The van der Waals surface area contributed by atoms with E-state index in [0.717, 1.165) is 59.4 Å². The average molecular weight is 377 g/mol. The number of H-pyrrole nitrogens is 1. The minimum Gasteiger partial charge on any atom is -0.357 e. The monoisotopic (exact) mass is 377 g/mol. The first-order chi connectivity index (χ1) is 13.3. The van der Waals surface area contributed by atoms with E-state index in [0.29, 0.717) is 5.69 Å². The first kappa shape index (κ1) is 16.4. The van der Waals surface area contributed by atoms with E-state index in [2.05, 4.69) is 9.97 Å². The van der Waals surface area contributed by atoms with E-state index in [1.54, 1.807) is 11.8 Å². The van der Waals surface area contributed by atoms with E-state index in [1.807, 2.05) is 58.4 Å². The predicted octanol–water partition coefficient (Wildman–Crippen LogP) is 3.47. The molecular formula is C20H19N5OS. The summed E-state index contributed by atoms with van der Waals surface area (Å²) in [5, 5.41) is 5.63. The fourth-order valence-corrected chi connectivity index (χ4v) is 4.36. The number of aromatic nitrogens is 3. The third-order valence-electron chi connectivity index (χ3n) is 4.93. The summed E-state index contributed by atoms with van der Waals surface area (Å²) >= 11 is 1.66. The third kappa shape index (κ3) is 3.08. The quantitative estimate of drug-likeness (QED) is 0.760. The smallest absolute Gasteiger partial charge is 0.270 e. The van der Waals surface area contributed by atoms with Crippen LogP contribution < -0.4 is 0 Å². The van der Waals surface area contributed by atoms with Crippen LogP contribution in [-0.2, 0) is 0 Å². The number of nitrogens with one attached hydrogen (secondary N) is 1. The number of carbonyl (C=O) groups is 1. The average Bonchev–Trinajstić information content (AvgIpc) is 3.48. The van der Waals surface area contributed by atoms with E-state index in [-0.39, 0.29) is 5.91 Å². The fraction of sp³-hybridized carbons (Fsp3) is 0.250. The summed E-state index contributed by atoms with van der Waals surface area (Å²) in [5.74, 6) is 0.818. The van der Waals surface area contributed by atoms with Crippen LogP contribution in [0.1, 0.15) is 28.9 Å². The van der Waals surface area contributed by atoms with Crippen molar-refractivity contribution >= 4 is 23.4 Å². The molecular weight excluding hydrogens is 358 g/mol. The van der Waals surface area contributed by atoms with Crippen molar-refractivity contribution in [2.75, 3.05) is 18.8 Å². The Kier molecular flexibility index (Phi) is 4.09. The molecule has 1 N–H and O–H groups in total. The Hall–Kier alpha value is -2.80. The van der Waals surface area contributed by atoms with Gasteiger partial charge in [0.05, 0.1) is 17.6 Å². The second-order valence-electron chi connectivity index (χ2n) is 6.76. The van der Waals surface area contributed by atoms with Crippen molar-refractivity contribution in [3.05, 3.63) is 60.0 Å². The van der Waals surface area contributed by atoms with Crippen LogP contribution in [0.25, 0.3) is 11.3 Å². The van der Waals surface area contributed by atoms with Gasteiger partial charge < -0.3 is 9.88 Å². The number of imidazole rings is 1. The number of fused-ring (bicyclic) bond motifs is 1. The second kappa shape index (κ2) is 6.74. The zero-order valence-corrected chi connectivity index (χ0v) is 15.6. The number of nitrogens with zero attached hydrogens (tertiary/aromatic N) is 4. The summed E-state index contributed by atoms with van der Waals surface area (Å²) < 4.78 is 1.83. The molecule has 2 aromatic heterocycles. The number of amides is 1. The molecule has 2 aliphatic heterocycles. The van der Waals surface area contributed by atoms with Crippen LogP contribution in [0, 0.1) is 0 Å². The summed E-state index contributed by atoms with van der Waals surface area (Å²) in [6.07, 6.45) is 6.02. The molecule has 6 nitrogen and oxygen atoms in total. The van der Waals surface area contributed by atoms with Gasteiger partial charge in [0.25, 0.3) is 5.91 Å². The molecule has 0 spiro atoms. The van der Waals surface area contributed by atoms with Gasteiger partial charge in [0, 0.05) is 36.2 Å². The molecule has 7 heteroatoms. The minimum absolute atomic E-state index is 0.0810. The van der Waals surface area contributed by atoms with Crippen molar-refractivity contribution in [1.82, 2.24) is 19.5 Å². The Labute approximate surface area is 161 Å². The predicted molar refractivity (Wildman–Crippen MR) is 106 cm³/mol. The van der Waals surface area contributed by atoms with Gasteiger partial charge in [0.15, 0.2) is 5.16 Å². The Morgan fingerprint density at radius 2 is 1.93 bits per heavy atom. The van der Waals surface area contributed by atoms with E-state index in [1.165, 1.54) is 0 Å². The zero-order chi connectivity index (χ0) is 18.2. The van der Waals surface area contributed by atoms with Crippen LogP contribution in [0.5, 0.6) is 0 Å². The first-order valence-electron chi connectivity index (χ1n) is 9.11. The lowest BCUT2D eigenvalue weighted by Gasteiger charge is -2.13. The third-order valence-corrected chi connectivity index (χ3v) is 5.89. The molecule has 3 aromatic rings. The molecule has 0 bridgehead atoms. The number of likely N-dealkylation sites (tertiary alicyclic amines) is 1. The van der Waals surface area contributed by atoms with Gasteiger partial charge in [0.1, 0.15) is 5.69 Å². The maximum absolute atomic E-state index is 12.5. The summed E-state index contributed by atoms with van der Waals surface area (Å²) in [6, 6.07) is 12.0. The number of hydrogen-bond acceptors (Lipinski definition) is 4. The van der Waals surface area contributed by atoms with Gasteiger partial charge >= 0.3 is 0 Å². The molecule has 27 heavy (non-hydrogen) atoms. The second-order valence-corrected chi connectivity index (χ2v) is 7.70. The van der Waals surface area contributed by atoms with Gasteiger partial charge in [-0.05, 0) is 18.9 Å². The fourth-order valence-electron chi connectivity index (χ4n) is 3.48. The molecule has 1 aromatic carbocycles. The molecule has 0 atom stereocenters. The number of carbonyl (C=O) groups excluding carboxylic acids is 1. The highest BCUT2D eigenvalue weighted by Gasteiger charge is 2.23. The minimum atomic E-state index is 0.0810. The molecule has 5 rings (SSSR count). The number of benzene rings is 1. The molecule has 0 unspecified atom stereocenters. The van der Waals surface area contributed by atoms with E-state index in [9.17, 15) is 4.79 Å². The highest BCUT2D eigenvalue weighted by Crippen LogP contribution is 2.28. The van der Waals surface area contributed by atoms with Gasteiger partial charge in [-0.2, -0.15) is 5.10 Å². The highest BCUT2D eigenvalue weighted by atomic mass is 32.2. The molecule has 1 fully saturated rings. The Bertz CT molecular complexity index is 1010. The van der Waals surface area contributed by atoms with Gasteiger partial charge in [-0.3, -0.25) is 4.79 Å². The molecule has 2 aliphatic rings. The topological polar surface area (TPSA) is 66.3 Å². The molecule has 0 aliphatic carbocycles. The lowest BCUT2D eigenvalue weighted by Crippen LogP contribution is -2.27. The van der Waals surface area contributed by atoms with Crippen LogP contribution in [-0.4, -0.2) is 50.0 Å². The number of thioether (sulfide) groups is 1. The lowest BCUT2D eigenvalue weighted by molar-refractivity contribution is 0.0787. The van der Waals surface area contributed by atoms with Crippen molar-refractivity contribution in [2.45, 2.75) is 18.0 Å². The van der Waals surface area contributed by atoms with Crippen LogP contribution >= 0.6 is 11.8 Å². The molecule has 136 valence electrons. The normalized spacial score (nSPS) is 16.3. The molecule has 0 saturated carbocycles. The van der Waals surface area contributed by atoms with Gasteiger partial charge in [0.2, 0.25) is 0 Å². The molecule has 1 saturated heterocycles. The van der Waals surface area contributed by atoms with E-state index >= 15 is 0 Å². The Morgan fingerprint density at radius 1 is 1.11 bits per heavy atom. The van der Waals surface area contributed by atoms with Crippen LogP contribution in [0.3, 0.4) is 0 Å². The Morgan fingerprint density at radius 3 is 2.74 bits per heavy atom. The molecule has 1 amide bonds. The molecule has 0 radical (unpaired) electrons. The molecule has 4 heterocycles. The van der Waals surface area contributed by atoms with Gasteiger partial charge in [-0.15, -0.1) is 0 Å². The summed E-state index contributed by atoms with van der Waals surface area (Å²) in [6.45, 7) is 1.70. The highest BCUT2D eigenvalue weighted by molar-refractivity contribution is 7.99. The van der Waals surface area contributed by atoms with Gasteiger partial charge in [-0.25, -0.2) is 9.66 Å². The number of rotatable bonds is 3. The lowest BCUT2D eigenvalue weighted by atomic mass is 10.2. The number of hydrogen-bond donors (Lipinski definition) is 1. The largest absolute Gasteiger partial charge is 0.357 e. The summed E-state index contributed by atoms with van der Waals surface area (Å²) in [4.78, 5) is 22.3. The van der Waals surface area contributed by atoms with Crippen LogP contribution in [0.2, 0.25) is 0 Å². The maximum Gasteiger partial charge on any atom is 0.270 e. The zero-order valence-electron chi connectivity index (χ0n) is 14.8. The van der Waals surface area contributed by atoms with Crippen molar-refractivity contribution in [3.8, 4) is 11.3 Å². The standard InChI is InChI=1S/C20H19N5OS/c26-19(24-8-4-5-9-24)16-10-15(11-21-16)18-13-27-20-22-17(12-25(20)23-18)14-6-2-1-3-7-14/h1-3,6-7,10-12,21H,4-5,8-9,13H2. The van der Waals surface area contributed by atoms with E-state index < -0.39 is 0 Å². The van der Waals surface area contributed by atoms with Crippen molar-refractivity contribution in [3.63, 3.8) is 0 Å². The summed E-state index contributed by atoms with van der Waals surface area (Å²) in [5.41, 5.74) is 4.55. The maximum atomic E-state index is 12.5. The Balaban J connectivity index is 1.41. The van der Waals surface area contributed by atoms with Crippen molar-refractivity contribution < 1.29 is 4.79 Å². The van der Waals surface area contributed by atoms with Crippen molar-refractivity contribution in [1.29, 1.82) is 0 Å². The van der Waals surface area contributed by atoms with Crippen molar-refractivity contribution in [2.24, 2.45) is 5.10 Å².